The van der Waals surface area contributed by atoms with Crippen LogP contribution in [0.5, 0.6) is 5.75 Å². The van der Waals surface area contributed by atoms with Crippen LogP contribution in [0.4, 0.5) is 0 Å². The second-order valence-electron chi connectivity index (χ2n) is 5.79. The summed E-state index contributed by atoms with van der Waals surface area (Å²) in [6, 6.07) is 6.65. The molecule has 0 bridgehead atoms. The zero-order valence-electron chi connectivity index (χ0n) is 11.3. The largest absolute Gasteiger partial charge is 0.488 e. The van der Waals surface area contributed by atoms with E-state index in [1.165, 1.54) is 16.7 Å². The van der Waals surface area contributed by atoms with Gasteiger partial charge in [-0.2, -0.15) is 0 Å². The van der Waals surface area contributed by atoms with Crippen molar-refractivity contribution in [3.05, 3.63) is 41.0 Å². The Hall–Kier alpha value is -1.24. The van der Waals surface area contributed by atoms with Gasteiger partial charge < -0.3 is 4.74 Å². The lowest BCUT2D eigenvalue weighted by atomic mass is 9.93. The minimum Gasteiger partial charge on any atom is -0.488 e. The smallest absolute Gasteiger partial charge is 0.123 e. The van der Waals surface area contributed by atoms with Gasteiger partial charge in [0.25, 0.3) is 0 Å². The highest BCUT2D eigenvalue weighted by Gasteiger charge is 2.26. The first kappa shape index (κ1) is 12.2. The van der Waals surface area contributed by atoms with Gasteiger partial charge in [0.05, 0.1) is 0 Å². The molecule has 0 aromatic heterocycles. The number of allylic oxidation sites excluding steroid dienone is 2. The standard InChI is InChI=1S/C16H22O/c1-12(2)5-6-13-7-8-14-9-10-16(3,4)17-15(14)11-13/h5,7-8,11H,6,9-10H2,1-4H3. The predicted octanol–water partition coefficient (Wildman–Crippen LogP) is 4.30. The number of aryl methyl sites for hydroxylation is 1. The Morgan fingerprint density at radius 3 is 2.82 bits per heavy atom. The van der Waals surface area contributed by atoms with Crippen molar-refractivity contribution in [2.75, 3.05) is 0 Å². The summed E-state index contributed by atoms with van der Waals surface area (Å²) in [5.74, 6) is 1.08. The molecule has 1 aromatic rings. The molecule has 0 saturated carbocycles. The van der Waals surface area contributed by atoms with Crippen molar-refractivity contribution in [2.24, 2.45) is 0 Å². The molecule has 0 spiro atoms. The summed E-state index contributed by atoms with van der Waals surface area (Å²) >= 11 is 0. The summed E-state index contributed by atoms with van der Waals surface area (Å²) in [4.78, 5) is 0. The average Bonchev–Trinajstić information content (AvgIpc) is 2.24. The number of hydrogen-bond acceptors (Lipinski definition) is 1. The number of hydrogen-bond donors (Lipinski definition) is 0. The topological polar surface area (TPSA) is 9.23 Å². The van der Waals surface area contributed by atoms with Gasteiger partial charge >= 0.3 is 0 Å². The molecule has 1 aliphatic rings. The van der Waals surface area contributed by atoms with Gasteiger partial charge in [0, 0.05) is 0 Å². The van der Waals surface area contributed by atoms with E-state index >= 15 is 0 Å². The molecule has 1 aliphatic heterocycles. The van der Waals surface area contributed by atoms with Crippen molar-refractivity contribution in [1.29, 1.82) is 0 Å². The molecule has 0 N–H and O–H groups in total. The van der Waals surface area contributed by atoms with E-state index in [-0.39, 0.29) is 5.60 Å². The van der Waals surface area contributed by atoms with Gasteiger partial charge in [-0.25, -0.2) is 0 Å². The molecule has 2 rings (SSSR count). The van der Waals surface area contributed by atoms with Crippen molar-refractivity contribution in [1.82, 2.24) is 0 Å². The normalized spacial score (nSPS) is 16.9. The second kappa shape index (κ2) is 4.56. The lowest BCUT2D eigenvalue weighted by molar-refractivity contribution is 0.0846. The summed E-state index contributed by atoms with van der Waals surface area (Å²) in [7, 11) is 0. The van der Waals surface area contributed by atoms with Crippen molar-refractivity contribution in [3.63, 3.8) is 0 Å². The molecule has 0 amide bonds. The number of rotatable bonds is 2. The van der Waals surface area contributed by atoms with E-state index < -0.39 is 0 Å². The van der Waals surface area contributed by atoms with Crippen LogP contribution < -0.4 is 4.74 Å². The molecular weight excluding hydrogens is 208 g/mol. The first-order chi connectivity index (χ1) is 7.96. The van der Waals surface area contributed by atoms with Gasteiger partial charge in [-0.05, 0) is 64.2 Å². The molecule has 1 heteroatoms. The molecule has 0 unspecified atom stereocenters. The summed E-state index contributed by atoms with van der Waals surface area (Å²) < 4.78 is 6.05. The predicted molar refractivity (Wildman–Crippen MR) is 72.6 cm³/mol. The molecule has 0 radical (unpaired) electrons. The Morgan fingerprint density at radius 1 is 1.35 bits per heavy atom. The zero-order valence-corrected chi connectivity index (χ0v) is 11.3. The third kappa shape index (κ3) is 3.12. The molecule has 0 atom stereocenters. The van der Waals surface area contributed by atoms with E-state index in [1.807, 2.05) is 0 Å². The number of fused-ring (bicyclic) bond motifs is 1. The van der Waals surface area contributed by atoms with Crippen LogP contribution in [0.3, 0.4) is 0 Å². The van der Waals surface area contributed by atoms with E-state index in [2.05, 4.69) is 52.0 Å². The number of benzene rings is 1. The van der Waals surface area contributed by atoms with Crippen LogP contribution in [0.15, 0.2) is 29.8 Å². The molecule has 0 aliphatic carbocycles. The quantitative estimate of drug-likeness (QED) is 0.688. The van der Waals surface area contributed by atoms with Gasteiger partial charge in [-0.3, -0.25) is 0 Å². The summed E-state index contributed by atoms with van der Waals surface area (Å²) in [5, 5.41) is 0. The molecular formula is C16H22O. The monoisotopic (exact) mass is 230 g/mol. The maximum atomic E-state index is 6.05. The van der Waals surface area contributed by atoms with Crippen LogP contribution in [0.2, 0.25) is 0 Å². The van der Waals surface area contributed by atoms with Crippen molar-refractivity contribution in [3.8, 4) is 5.75 Å². The fourth-order valence-corrected chi connectivity index (χ4v) is 2.13. The van der Waals surface area contributed by atoms with Gasteiger partial charge in [0.1, 0.15) is 11.4 Å². The molecule has 0 saturated heterocycles. The number of ether oxygens (including phenoxy) is 1. The van der Waals surface area contributed by atoms with Gasteiger partial charge in [0.15, 0.2) is 0 Å². The minimum absolute atomic E-state index is 0.0118. The molecule has 17 heavy (non-hydrogen) atoms. The highest BCUT2D eigenvalue weighted by Crippen LogP contribution is 2.33. The fraction of sp³-hybridized carbons (Fsp3) is 0.500. The van der Waals surface area contributed by atoms with E-state index in [4.69, 9.17) is 4.74 Å². The van der Waals surface area contributed by atoms with Crippen molar-refractivity contribution < 1.29 is 4.74 Å². The van der Waals surface area contributed by atoms with E-state index in [0.717, 1.165) is 25.0 Å². The lowest BCUT2D eigenvalue weighted by Crippen LogP contribution is -2.32. The van der Waals surface area contributed by atoms with Crippen molar-refractivity contribution >= 4 is 0 Å². The lowest BCUT2D eigenvalue weighted by Gasteiger charge is -2.32. The maximum absolute atomic E-state index is 6.05. The van der Waals surface area contributed by atoms with Crippen LogP contribution in [-0.2, 0) is 12.8 Å². The molecule has 1 nitrogen and oxygen atoms in total. The summed E-state index contributed by atoms with van der Waals surface area (Å²) in [5.41, 5.74) is 4.04. The second-order valence-corrected chi connectivity index (χ2v) is 5.79. The first-order valence-electron chi connectivity index (χ1n) is 6.40. The molecule has 92 valence electrons. The zero-order chi connectivity index (χ0) is 12.5. The fourth-order valence-electron chi connectivity index (χ4n) is 2.13. The van der Waals surface area contributed by atoms with Gasteiger partial charge in [0.2, 0.25) is 0 Å². The van der Waals surface area contributed by atoms with Crippen LogP contribution in [0.1, 0.15) is 45.2 Å². The highest BCUT2D eigenvalue weighted by molar-refractivity contribution is 5.40. The third-order valence-electron chi connectivity index (χ3n) is 3.26. The maximum Gasteiger partial charge on any atom is 0.123 e. The Morgan fingerprint density at radius 2 is 2.12 bits per heavy atom. The van der Waals surface area contributed by atoms with E-state index in [9.17, 15) is 0 Å². The SMILES string of the molecule is CC(C)=CCc1ccc2c(c1)OC(C)(C)CC2. The Balaban J connectivity index is 2.21. The summed E-state index contributed by atoms with van der Waals surface area (Å²) in [6.07, 6.45) is 5.49. The Labute approximate surface area is 104 Å². The Kier molecular flexibility index (Phi) is 3.28. The molecule has 1 heterocycles. The van der Waals surface area contributed by atoms with Gasteiger partial charge in [-0.1, -0.05) is 23.8 Å². The van der Waals surface area contributed by atoms with Crippen molar-refractivity contribution in [2.45, 2.75) is 52.6 Å². The van der Waals surface area contributed by atoms with E-state index in [0.29, 0.717) is 0 Å². The average molecular weight is 230 g/mol. The highest BCUT2D eigenvalue weighted by atomic mass is 16.5. The van der Waals surface area contributed by atoms with Crippen LogP contribution in [0.25, 0.3) is 0 Å². The Bertz CT molecular complexity index is 437. The van der Waals surface area contributed by atoms with Gasteiger partial charge in [-0.15, -0.1) is 0 Å². The third-order valence-corrected chi connectivity index (χ3v) is 3.26. The van der Waals surface area contributed by atoms with Crippen LogP contribution in [0, 0.1) is 0 Å². The summed E-state index contributed by atoms with van der Waals surface area (Å²) in [6.45, 7) is 8.60. The van der Waals surface area contributed by atoms with E-state index in [1.54, 1.807) is 0 Å². The van der Waals surface area contributed by atoms with Crippen LogP contribution in [-0.4, -0.2) is 5.60 Å². The minimum atomic E-state index is -0.0118. The van der Waals surface area contributed by atoms with Crippen LogP contribution >= 0.6 is 0 Å². The first-order valence-corrected chi connectivity index (χ1v) is 6.40. The molecule has 0 fully saturated rings. The molecule has 1 aromatic carbocycles.